The lowest BCUT2D eigenvalue weighted by Gasteiger charge is -2.46. The van der Waals surface area contributed by atoms with Crippen LogP contribution in [0, 0.1) is 5.92 Å². The molecule has 0 unspecified atom stereocenters. The first-order chi connectivity index (χ1) is 11.1. The zero-order valence-electron chi connectivity index (χ0n) is 17.9. The number of rotatable bonds is 5. The first-order valence-electron chi connectivity index (χ1n) is 9.71. The Kier molecular flexibility index (Phi) is 6.97. The van der Waals surface area contributed by atoms with Crippen molar-refractivity contribution in [1.82, 2.24) is 0 Å². The van der Waals surface area contributed by atoms with E-state index in [0.717, 1.165) is 25.7 Å². The van der Waals surface area contributed by atoms with E-state index in [1.165, 1.54) is 6.42 Å². The van der Waals surface area contributed by atoms with Crippen LogP contribution in [0.4, 0.5) is 0 Å². The molecule has 2 atom stereocenters. The van der Waals surface area contributed by atoms with E-state index in [-0.39, 0.29) is 11.0 Å². The molecule has 0 aromatic heterocycles. The first-order valence-corrected chi connectivity index (χ1v) is 12.6. The number of esters is 1. The summed E-state index contributed by atoms with van der Waals surface area (Å²) in [5.41, 5.74) is -1.81. The van der Waals surface area contributed by atoms with Crippen LogP contribution in [-0.4, -0.2) is 36.7 Å². The molecule has 0 saturated heterocycles. The molecule has 1 N–H and O–H groups in total. The molecular formula is C20H40O4Si. The maximum atomic E-state index is 13.0. The third-order valence-electron chi connectivity index (χ3n) is 5.80. The average Bonchev–Trinajstić information content (AvgIpc) is 2.42. The van der Waals surface area contributed by atoms with Crippen molar-refractivity contribution in [3.63, 3.8) is 0 Å². The molecule has 1 fully saturated rings. The highest BCUT2D eigenvalue weighted by atomic mass is 28.4. The van der Waals surface area contributed by atoms with E-state index in [4.69, 9.17) is 9.16 Å². The highest BCUT2D eigenvalue weighted by Crippen LogP contribution is 2.42. The van der Waals surface area contributed by atoms with E-state index < -0.39 is 31.6 Å². The Labute approximate surface area is 155 Å². The van der Waals surface area contributed by atoms with Gasteiger partial charge in [0.1, 0.15) is 11.2 Å². The lowest BCUT2D eigenvalue weighted by molar-refractivity contribution is -0.183. The SMILES string of the molecule is CC(C)(C)OC(=O)[C@H](O[Si](C)(C)C(C)(C)C)[C@](C)(O)C1CCCCC1. The third kappa shape index (κ3) is 6.07. The highest BCUT2D eigenvalue weighted by molar-refractivity contribution is 6.74. The molecule has 0 amide bonds. The zero-order chi connectivity index (χ0) is 19.7. The van der Waals surface area contributed by atoms with Crippen LogP contribution in [0.3, 0.4) is 0 Å². The molecule has 0 aromatic carbocycles. The van der Waals surface area contributed by atoms with Gasteiger partial charge in [0.25, 0.3) is 0 Å². The van der Waals surface area contributed by atoms with Crippen LogP contribution in [0.1, 0.15) is 80.6 Å². The van der Waals surface area contributed by atoms with Gasteiger partial charge in [-0.2, -0.15) is 0 Å². The van der Waals surface area contributed by atoms with E-state index >= 15 is 0 Å². The molecule has 0 aromatic rings. The fourth-order valence-electron chi connectivity index (χ4n) is 3.13. The predicted octanol–water partition coefficient (Wildman–Crippen LogP) is 5.05. The molecular weight excluding hydrogens is 332 g/mol. The molecule has 4 nitrogen and oxygen atoms in total. The van der Waals surface area contributed by atoms with Crippen LogP contribution in [0.5, 0.6) is 0 Å². The molecule has 0 radical (unpaired) electrons. The summed E-state index contributed by atoms with van der Waals surface area (Å²) < 4.78 is 12.1. The Morgan fingerprint density at radius 3 is 1.88 bits per heavy atom. The van der Waals surface area contributed by atoms with E-state index in [0.29, 0.717) is 0 Å². The van der Waals surface area contributed by atoms with Crippen molar-refractivity contribution in [1.29, 1.82) is 0 Å². The summed E-state index contributed by atoms with van der Waals surface area (Å²) in [6.45, 7) is 18.0. The summed E-state index contributed by atoms with van der Waals surface area (Å²) in [4.78, 5) is 13.0. The molecule has 1 aliphatic carbocycles. The Bertz CT molecular complexity index is 451. The normalized spacial score (nSPS) is 21.5. The second-order valence-electron chi connectivity index (χ2n) is 10.4. The topological polar surface area (TPSA) is 55.8 Å². The summed E-state index contributed by atoms with van der Waals surface area (Å²) in [7, 11) is -2.24. The summed E-state index contributed by atoms with van der Waals surface area (Å²) in [6.07, 6.45) is 4.34. The number of carbonyl (C=O) groups is 1. The van der Waals surface area contributed by atoms with Crippen molar-refractivity contribution in [3.05, 3.63) is 0 Å². The molecule has 1 saturated carbocycles. The van der Waals surface area contributed by atoms with Gasteiger partial charge in [-0.05, 0) is 64.6 Å². The predicted molar refractivity (Wildman–Crippen MR) is 105 cm³/mol. The van der Waals surface area contributed by atoms with Gasteiger partial charge in [0, 0.05) is 0 Å². The summed E-state index contributed by atoms with van der Waals surface area (Å²) >= 11 is 0. The van der Waals surface area contributed by atoms with Crippen molar-refractivity contribution in [2.75, 3.05) is 0 Å². The number of carbonyl (C=O) groups excluding carboxylic acids is 1. The van der Waals surface area contributed by atoms with Gasteiger partial charge >= 0.3 is 5.97 Å². The smallest absolute Gasteiger partial charge is 0.337 e. The van der Waals surface area contributed by atoms with Gasteiger partial charge in [0.15, 0.2) is 14.4 Å². The maximum Gasteiger partial charge on any atom is 0.337 e. The van der Waals surface area contributed by atoms with Crippen molar-refractivity contribution < 1.29 is 19.1 Å². The van der Waals surface area contributed by atoms with Gasteiger partial charge in [-0.15, -0.1) is 0 Å². The standard InChI is InChI=1S/C20H40O4Si/c1-18(2,3)23-17(21)16(24-25(8,9)19(4,5)6)20(7,22)15-13-11-10-12-14-15/h15-16,22H,10-14H2,1-9H3/t16-,20+/m0/s1. The fourth-order valence-corrected chi connectivity index (χ4v) is 4.41. The van der Waals surface area contributed by atoms with E-state index in [1.54, 1.807) is 6.92 Å². The fraction of sp³-hybridized carbons (Fsp3) is 0.950. The largest absolute Gasteiger partial charge is 0.458 e. The molecule has 5 heteroatoms. The number of hydrogen-bond acceptors (Lipinski definition) is 4. The van der Waals surface area contributed by atoms with Crippen molar-refractivity contribution in [3.8, 4) is 0 Å². The van der Waals surface area contributed by atoms with Crippen molar-refractivity contribution >= 4 is 14.3 Å². The van der Waals surface area contributed by atoms with Crippen LogP contribution in [0.25, 0.3) is 0 Å². The van der Waals surface area contributed by atoms with E-state index in [2.05, 4.69) is 33.9 Å². The van der Waals surface area contributed by atoms with Crippen LogP contribution in [-0.2, 0) is 14.0 Å². The van der Waals surface area contributed by atoms with Gasteiger partial charge in [-0.1, -0.05) is 40.0 Å². The maximum absolute atomic E-state index is 13.0. The van der Waals surface area contributed by atoms with Crippen LogP contribution in [0.15, 0.2) is 0 Å². The minimum atomic E-state index is -2.24. The second kappa shape index (κ2) is 7.69. The molecule has 0 aliphatic heterocycles. The summed E-state index contributed by atoms with van der Waals surface area (Å²) in [5.74, 6) is -0.364. The van der Waals surface area contributed by atoms with Gasteiger partial charge in [0.2, 0.25) is 0 Å². The number of hydrogen-bond donors (Lipinski definition) is 1. The lowest BCUT2D eigenvalue weighted by Crippen LogP contribution is -2.58. The molecule has 1 rings (SSSR count). The van der Waals surface area contributed by atoms with Gasteiger partial charge < -0.3 is 14.3 Å². The Hall–Kier alpha value is -0.393. The van der Waals surface area contributed by atoms with Gasteiger partial charge in [-0.3, -0.25) is 0 Å². The van der Waals surface area contributed by atoms with Crippen molar-refractivity contribution in [2.24, 2.45) is 5.92 Å². The first kappa shape index (κ1) is 22.6. The minimum Gasteiger partial charge on any atom is -0.458 e. The monoisotopic (exact) mass is 372 g/mol. The molecule has 0 spiro atoms. The van der Waals surface area contributed by atoms with Gasteiger partial charge in [0.05, 0.1) is 0 Å². The average molecular weight is 373 g/mol. The second-order valence-corrected chi connectivity index (χ2v) is 15.1. The van der Waals surface area contributed by atoms with E-state index in [9.17, 15) is 9.90 Å². The minimum absolute atomic E-state index is 0.0457. The quantitative estimate of drug-likeness (QED) is 0.542. The Morgan fingerprint density at radius 1 is 1.00 bits per heavy atom. The summed E-state index contributed by atoms with van der Waals surface area (Å²) in [6, 6.07) is 0. The van der Waals surface area contributed by atoms with Crippen LogP contribution >= 0.6 is 0 Å². The number of aliphatic hydroxyl groups is 1. The zero-order valence-corrected chi connectivity index (χ0v) is 18.9. The Balaban J connectivity index is 3.15. The molecule has 0 bridgehead atoms. The molecule has 0 heterocycles. The van der Waals surface area contributed by atoms with Crippen LogP contribution in [0.2, 0.25) is 18.1 Å². The Morgan fingerprint density at radius 2 is 1.48 bits per heavy atom. The van der Waals surface area contributed by atoms with Crippen LogP contribution < -0.4 is 0 Å². The van der Waals surface area contributed by atoms with Crippen molar-refractivity contribution in [2.45, 2.75) is 116 Å². The third-order valence-corrected chi connectivity index (χ3v) is 10.2. The number of ether oxygens (including phenoxy) is 1. The molecule has 1 aliphatic rings. The molecule has 25 heavy (non-hydrogen) atoms. The lowest BCUT2D eigenvalue weighted by atomic mass is 9.75. The van der Waals surface area contributed by atoms with Gasteiger partial charge in [-0.25, -0.2) is 4.79 Å². The van der Waals surface area contributed by atoms with E-state index in [1.807, 2.05) is 20.8 Å². The summed E-state index contributed by atoms with van der Waals surface area (Å²) in [5, 5.41) is 11.3. The molecule has 148 valence electrons. The highest BCUT2D eigenvalue weighted by Gasteiger charge is 2.51.